The fourth-order valence-corrected chi connectivity index (χ4v) is 3.35. The maximum atomic E-state index is 12.1. The average molecular weight is 383 g/mol. The number of amides is 1. The van der Waals surface area contributed by atoms with Crippen molar-refractivity contribution in [2.75, 3.05) is 4.90 Å². The van der Waals surface area contributed by atoms with Crippen molar-refractivity contribution in [3.63, 3.8) is 0 Å². The van der Waals surface area contributed by atoms with Crippen molar-refractivity contribution in [3.05, 3.63) is 75.3 Å². The van der Waals surface area contributed by atoms with Crippen LogP contribution < -0.4 is 9.64 Å². The van der Waals surface area contributed by atoms with Gasteiger partial charge in [0, 0.05) is 24.4 Å². The number of nitro groups is 1. The zero-order valence-corrected chi connectivity index (χ0v) is 15.6. The number of ether oxygens (including phenoxy) is 1. The molecule has 3 aromatic rings. The van der Waals surface area contributed by atoms with Crippen molar-refractivity contribution < 1.29 is 14.5 Å². The fraction of sp³-hybridized carbons (Fsp3) is 0.158. The van der Waals surface area contributed by atoms with Crippen LogP contribution >= 0.6 is 11.3 Å². The first-order valence-electron chi connectivity index (χ1n) is 8.13. The van der Waals surface area contributed by atoms with Gasteiger partial charge in [0.15, 0.2) is 5.13 Å². The molecule has 1 aromatic heterocycles. The molecule has 8 heteroatoms. The topological polar surface area (TPSA) is 85.6 Å². The number of rotatable bonds is 6. The Morgan fingerprint density at radius 3 is 2.63 bits per heavy atom. The van der Waals surface area contributed by atoms with E-state index in [1.165, 1.54) is 30.4 Å². The highest BCUT2D eigenvalue weighted by Crippen LogP contribution is 2.30. The molecule has 7 nitrogen and oxygen atoms in total. The monoisotopic (exact) mass is 383 g/mol. The van der Waals surface area contributed by atoms with Crippen LogP contribution in [-0.4, -0.2) is 15.8 Å². The number of non-ortho nitro benzene ring substituents is 1. The summed E-state index contributed by atoms with van der Waals surface area (Å²) >= 11 is 1.35. The molecule has 0 spiro atoms. The third kappa shape index (κ3) is 4.48. The molecule has 0 radical (unpaired) electrons. The van der Waals surface area contributed by atoms with E-state index in [1.54, 1.807) is 17.0 Å². The fourth-order valence-electron chi connectivity index (χ4n) is 2.48. The minimum atomic E-state index is -0.460. The molecule has 0 saturated carbocycles. The number of aryl methyl sites for hydroxylation is 1. The summed E-state index contributed by atoms with van der Waals surface area (Å²) in [5.74, 6) is 0.384. The lowest BCUT2D eigenvalue weighted by Crippen LogP contribution is -2.22. The van der Waals surface area contributed by atoms with Crippen LogP contribution in [0.3, 0.4) is 0 Å². The summed E-state index contributed by atoms with van der Waals surface area (Å²) in [6.45, 7) is 3.66. The van der Waals surface area contributed by atoms with Gasteiger partial charge in [-0.25, -0.2) is 4.98 Å². The van der Waals surface area contributed by atoms with Gasteiger partial charge in [0.2, 0.25) is 5.91 Å². The average Bonchev–Trinajstić information content (AvgIpc) is 3.08. The molecule has 138 valence electrons. The van der Waals surface area contributed by atoms with Gasteiger partial charge in [0.25, 0.3) is 5.69 Å². The van der Waals surface area contributed by atoms with Crippen LogP contribution in [0.15, 0.2) is 53.9 Å². The number of nitro benzene ring substituents is 1. The molecule has 0 saturated heterocycles. The van der Waals surface area contributed by atoms with Gasteiger partial charge in [-0.1, -0.05) is 12.1 Å². The van der Waals surface area contributed by atoms with E-state index in [-0.39, 0.29) is 18.2 Å². The molecule has 27 heavy (non-hydrogen) atoms. The second-order valence-corrected chi connectivity index (χ2v) is 6.69. The molecule has 1 amide bonds. The van der Waals surface area contributed by atoms with Crippen LogP contribution in [0.5, 0.6) is 5.75 Å². The number of carbonyl (C=O) groups excluding carboxylic acids is 1. The van der Waals surface area contributed by atoms with Gasteiger partial charge in [-0.2, -0.15) is 0 Å². The third-order valence-electron chi connectivity index (χ3n) is 3.74. The summed E-state index contributed by atoms with van der Waals surface area (Å²) in [5, 5.41) is 13.1. The maximum Gasteiger partial charge on any atom is 0.269 e. The van der Waals surface area contributed by atoms with Crippen LogP contribution in [0.25, 0.3) is 0 Å². The number of hydrogen-bond donors (Lipinski definition) is 0. The van der Waals surface area contributed by atoms with Gasteiger partial charge in [-0.05, 0) is 36.8 Å². The third-order valence-corrected chi connectivity index (χ3v) is 4.61. The Hall–Kier alpha value is -3.26. The van der Waals surface area contributed by atoms with Gasteiger partial charge < -0.3 is 4.74 Å². The highest BCUT2D eigenvalue weighted by Gasteiger charge is 2.18. The quantitative estimate of drug-likeness (QED) is 0.458. The van der Waals surface area contributed by atoms with Crippen LogP contribution in [-0.2, 0) is 11.4 Å². The molecule has 2 aromatic carbocycles. The molecule has 1 heterocycles. The molecular formula is C19H17N3O4S. The summed E-state index contributed by atoms with van der Waals surface area (Å²) in [7, 11) is 0. The molecule has 0 aliphatic carbocycles. The van der Waals surface area contributed by atoms with Gasteiger partial charge in [-0.15, -0.1) is 11.3 Å². The molecule has 3 rings (SSSR count). The van der Waals surface area contributed by atoms with Crippen LogP contribution in [0.2, 0.25) is 0 Å². The van der Waals surface area contributed by atoms with E-state index in [1.807, 2.05) is 36.6 Å². The second-order valence-electron chi connectivity index (χ2n) is 5.85. The summed E-state index contributed by atoms with van der Waals surface area (Å²) in [5.41, 5.74) is 2.50. The molecule has 0 atom stereocenters. The summed E-state index contributed by atoms with van der Waals surface area (Å²) < 4.78 is 5.62. The first kappa shape index (κ1) is 18.5. The maximum absolute atomic E-state index is 12.1. The number of hydrogen-bond acceptors (Lipinski definition) is 6. The van der Waals surface area contributed by atoms with E-state index in [9.17, 15) is 14.9 Å². The lowest BCUT2D eigenvalue weighted by molar-refractivity contribution is -0.384. The van der Waals surface area contributed by atoms with Gasteiger partial charge in [0.05, 0.1) is 16.3 Å². The number of carbonyl (C=O) groups is 1. The van der Waals surface area contributed by atoms with Crippen molar-refractivity contribution >= 4 is 33.8 Å². The Kier molecular flexibility index (Phi) is 5.46. The van der Waals surface area contributed by atoms with Crippen LogP contribution in [0.4, 0.5) is 16.5 Å². The van der Waals surface area contributed by atoms with Crippen molar-refractivity contribution in [1.29, 1.82) is 0 Å². The Balaban J connectivity index is 1.73. The molecule has 0 unspecified atom stereocenters. The molecule has 0 fully saturated rings. The molecule has 0 bridgehead atoms. The highest BCUT2D eigenvalue weighted by molar-refractivity contribution is 7.14. The Bertz CT molecular complexity index is 969. The zero-order chi connectivity index (χ0) is 19.4. The van der Waals surface area contributed by atoms with Gasteiger partial charge >= 0.3 is 0 Å². The number of benzene rings is 2. The largest absolute Gasteiger partial charge is 0.487 e. The SMILES string of the molecule is CC(=O)N(c1cccc(C)c1)c1nc(COc2ccc([N+](=O)[O-])cc2)cs1. The predicted octanol–water partition coefficient (Wildman–Crippen LogP) is 4.62. The van der Waals surface area contributed by atoms with Crippen molar-refractivity contribution in [3.8, 4) is 5.75 Å². The Morgan fingerprint density at radius 1 is 1.26 bits per heavy atom. The van der Waals surface area contributed by atoms with Gasteiger partial charge in [-0.3, -0.25) is 19.8 Å². The van der Waals surface area contributed by atoms with E-state index in [0.29, 0.717) is 16.6 Å². The number of anilines is 2. The van der Waals surface area contributed by atoms with Crippen LogP contribution in [0.1, 0.15) is 18.2 Å². The number of thiazole rings is 1. The van der Waals surface area contributed by atoms with E-state index in [4.69, 9.17) is 4.74 Å². The standard InChI is InChI=1S/C19H17N3O4S/c1-13-4-3-5-17(10-13)21(14(2)23)19-20-15(12-27-19)11-26-18-8-6-16(7-9-18)22(24)25/h3-10,12H,11H2,1-2H3. The first-order chi connectivity index (χ1) is 12.9. The van der Waals surface area contributed by atoms with Crippen molar-refractivity contribution in [2.24, 2.45) is 0 Å². The Morgan fingerprint density at radius 2 is 2.00 bits per heavy atom. The number of aromatic nitrogens is 1. The predicted molar refractivity (Wildman–Crippen MR) is 104 cm³/mol. The van der Waals surface area contributed by atoms with E-state index in [2.05, 4.69) is 4.98 Å². The number of nitrogens with zero attached hydrogens (tertiary/aromatic N) is 3. The lowest BCUT2D eigenvalue weighted by atomic mass is 10.2. The van der Waals surface area contributed by atoms with Gasteiger partial charge in [0.1, 0.15) is 12.4 Å². The normalized spacial score (nSPS) is 10.4. The smallest absolute Gasteiger partial charge is 0.269 e. The zero-order valence-electron chi connectivity index (χ0n) is 14.8. The van der Waals surface area contributed by atoms with E-state index < -0.39 is 4.92 Å². The molecular weight excluding hydrogens is 366 g/mol. The second kappa shape index (κ2) is 7.96. The lowest BCUT2D eigenvalue weighted by Gasteiger charge is -2.18. The van der Waals surface area contributed by atoms with Crippen molar-refractivity contribution in [1.82, 2.24) is 4.98 Å². The summed E-state index contributed by atoms with van der Waals surface area (Å²) in [6, 6.07) is 13.5. The minimum absolute atomic E-state index is 0.00792. The van der Waals surface area contributed by atoms with E-state index in [0.717, 1.165) is 11.3 Å². The highest BCUT2D eigenvalue weighted by atomic mass is 32.1. The van der Waals surface area contributed by atoms with Crippen LogP contribution in [0, 0.1) is 17.0 Å². The molecule has 0 N–H and O–H groups in total. The van der Waals surface area contributed by atoms with E-state index >= 15 is 0 Å². The minimum Gasteiger partial charge on any atom is -0.487 e. The van der Waals surface area contributed by atoms with Crippen molar-refractivity contribution in [2.45, 2.75) is 20.5 Å². The summed E-state index contributed by atoms with van der Waals surface area (Å²) in [6.07, 6.45) is 0. The first-order valence-corrected chi connectivity index (χ1v) is 9.01. The Labute approximate surface area is 160 Å². The molecule has 0 aliphatic rings. The molecule has 0 aliphatic heterocycles. The summed E-state index contributed by atoms with van der Waals surface area (Å²) in [4.78, 5) is 28.4.